The first-order valence-electron chi connectivity index (χ1n) is 11.5. The molecule has 0 nitrogen and oxygen atoms in total. The van der Waals surface area contributed by atoms with Crippen molar-refractivity contribution in [2.45, 2.75) is 101 Å². The van der Waals surface area contributed by atoms with Crippen molar-refractivity contribution in [2.24, 2.45) is 17.8 Å². The molecular formula is C25H37Cl. The third-order valence-electron chi connectivity index (χ3n) is 8.07. The Bertz CT molecular complexity index is 554. The van der Waals surface area contributed by atoms with Crippen LogP contribution in [-0.4, -0.2) is 0 Å². The predicted molar refractivity (Wildman–Crippen MR) is 113 cm³/mol. The molecule has 0 heterocycles. The second-order valence-corrected chi connectivity index (χ2v) is 10.3. The van der Waals surface area contributed by atoms with Gasteiger partial charge in [-0.1, -0.05) is 56.9 Å². The Morgan fingerprint density at radius 2 is 1.42 bits per heavy atom. The second-order valence-electron chi connectivity index (χ2n) is 9.62. The van der Waals surface area contributed by atoms with Crippen LogP contribution in [0.25, 0.3) is 0 Å². The van der Waals surface area contributed by atoms with Gasteiger partial charge < -0.3 is 0 Å². The second kappa shape index (κ2) is 8.26. The molecule has 0 N–H and O–H groups in total. The summed E-state index contributed by atoms with van der Waals surface area (Å²) in [6.07, 6.45) is 18.3. The fourth-order valence-corrected chi connectivity index (χ4v) is 6.50. The summed E-state index contributed by atoms with van der Waals surface area (Å²) in [6.45, 7) is 2.35. The van der Waals surface area contributed by atoms with Crippen LogP contribution in [0.4, 0.5) is 0 Å². The van der Waals surface area contributed by atoms with Gasteiger partial charge in [0.15, 0.2) is 0 Å². The number of hydrogen-bond donors (Lipinski definition) is 0. The molecule has 3 aliphatic carbocycles. The summed E-state index contributed by atoms with van der Waals surface area (Å²) < 4.78 is 0. The van der Waals surface area contributed by atoms with Crippen molar-refractivity contribution in [1.29, 1.82) is 0 Å². The van der Waals surface area contributed by atoms with Crippen LogP contribution in [-0.2, 0) is 4.87 Å². The van der Waals surface area contributed by atoms with Crippen LogP contribution in [0.15, 0.2) is 24.3 Å². The maximum absolute atomic E-state index is 6.71. The van der Waals surface area contributed by atoms with Crippen molar-refractivity contribution in [3.05, 3.63) is 35.4 Å². The lowest BCUT2D eigenvalue weighted by Crippen LogP contribution is -2.27. The summed E-state index contributed by atoms with van der Waals surface area (Å²) in [5, 5.41) is 0. The topological polar surface area (TPSA) is 0 Å². The Balaban J connectivity index is 1.27. The normalized spacial score (nSPS) is 34.2. The van der Waals surface area contributed by atoms with Crippen molar-refractivity contribution in [3.8, 4) is 0 Å². The van der Waals surface area contributed by atoms with Gasteiger partial charge in [0, 0.05) is 0 Å². The van der Waals surface area contributed by atoms with Crippen molar-refractivity contribution in [1.82, 2.24) is 0 Å². The highest BCUT2D eigenvalue weighted by molar-refractivity contribution is 6.24. The number of rotatable bonds is 5. The molecule has 0 spiro atoms. The zero-order valence-electron chi connectivity index (χ0n) is 16.7. The van der Waals surface area contributed by atoms with E-state index in [0.29, 0.717) is 0 Å². The summed E-state index contributed by atoms with van der Waals surface area (Å²) in [5.74, 6) is 3.91. The molecule has 1 heteroatoms. The quantitative estimate of drug-likeness (QED) is 0.457. The summed E-state index contributed by atoms with van der Waals surface area (Å²) in [4.78, 5) is -0.0349. The van der Waals surface area contributed by atoms with Crippen molar-refractivity contribution >= 4 is 11.6 Å². The van der Waals surface area contributed by atoms with Crippen molar-refractivity contribution in [3.63, 3.8) is 0 Å². The monoisotopic (exact) mass is 372 g/mol. The SMILES string of the molecule is CCCC1CCC(C2CCC(c3ccc(C4(Cl)CCC4)cc3)CC2)CC1. The Labute approximate surface area is 166 Å². The fourth-order valence-electron chi connectivity index (χ4n) is 6.11. The van der Waals surface area contributed by atoms with Gasteiger partial charge in [-0.25, -0.2) is 0 Å². The average molecular weight is 373 g/mol. The summed E-state index contributed by atoms with van der Waals surface area (Å²) in [7, 11) is 0. The van der Waals surface area contributed by atoms with E-state index in [2.05, 4.69) is 31.2 Å². The van der Waals surface area contributed by atoms with Crippen molar-refractivity contribution < 1.29 is 0 Å². The molecule has 0 saturated heterocycles. The van der Waals surface area contributed by atoms with E-state index < -0.39 is 0 Å². The minimum atomic E-state index is -0.0349. The van der Waals surface area contributed by atoms with E-state index in [4.69, 9.17) is 11.6 Å². The number of benzene rings is 1. The lowest BCUT2D eigenvalue weighted by Gasteiger charge is -2.38. The highest BCUT2D eigenvalue weighted by Crippen LogP contribution is 2.48. The molecular weight excluding hydrogens is 336 g/mol. The fraction of sp³-hybridized carbons (Fsp3) is 0.760. The Kier molecular flexibility index (Phi) is 5.99. The molecule has 4 rings (SSSR count). The van der Waals surface area contributed by atoms with Gasteiger partial charge in [0.2, 0.25) is 0 Å². The maximum atomic E-state index is 6.71. The molecule has 144 valence electrons. The smallest absolute Gasteiger partial charge is 0.0695 e. The van der Waals surface area contributed by atoms with E-state index in [1.165, 1.54) is 76.2 Å². The maximum Gasteiger partial charge on any atom is 0.0695 e. The van der Waals surface area contributed by atoms with Gasteiger partial charge >= 0.3 is 0 Å². The third kappa shape index (κ3) is 4.01. The van der Waals surface area contributed by atoms with Crippen molar-refractivity contribution in [2.75, 3.05) is 0 Å². The number of hydrogen-bond acceptors (Lipinski definition) is 0. The molecule has 1 aromatic rings. The van der Waals surface area contributed by atoms with E-state index in [9.17, 15) is 0 Å². The zero-order chi connectivity index (χ0) is 18.0. The molecule has 3 fully saturated rings. The summed E-state index contributed by atoms with van der Waals surface area (Å²) in [6, 6.07) is 9.42. The predicted octanol–water partition coefficient (Wildman–Crippen LogP) is 8.18. The summed E-state index contributed by atoms with van der Waals surface area (Å²) in [5.41, 5.74) is 2.92. The minimum Gasteiger partial charge on any atom is -0.114 e. The molecule has 0 aromatic heterocycles. The van der Waals surface area contributed by atoms with E-state index in [1.807, 2.05) is 0 Å². The van der Waals surface area contributed by atoms with Crippen LogP contribution in [0.1, 0.15) is 107 Å². The van der Waals surface area contributed by atoms with Gasteiger partial charge in [-0.3, -0.25) is 0 Å². The molecule has 3 aliphatic rings. The number of alkyl halides is 1. The first kappa shape index (κ1) is 18.9. The van der Waals surface area contributed by atoms with E-state index in [1.54, 1.807) is 5.56 Å². The summed E-state index contributed by atoms with van der Waals surface area (Å²) >= 11 is 6.71. The first-order valence-corrected chi connectivity index (χ1v) is 11.8. The van der Waals surface area contributed by atoms with E-state index >= 15 is 0 Å². The third-order valence-corrected chi connectivity index (χ3v) is 8.67. The Hall–Kier alpha value is -0.490. The molecule has 0 bridgehead atoms. The molecule has 0 amide bonds. The van der Waals surface area contributed by atoms with Crippen LogP contribution in [0.2, 0.25) is 0 Å². The van der Waals surface area contributed by atoms with Crippen LogP contribution < -0.4 is 0 Å². The van der Waals surface area contributed by atoms with E-state index in [0.717, 1.165) is 36.5 Å². The highest BCUT2D eigenvalue weighted by Gasteiger charge is 2.36. The molecule has 0 atom stereocenters. The minimum absolute atomic E-state index is 0.0349. The highest BCUT2D eigenvalue weighted by atomic mass is 35.5. The first-order chi connectivity index (χ1) is 12.7. The van der Waals surface area contributed by atoms with Crippen LogP contribution in [0.5, 0.6) is 0 Å². The van der Waals surface area contributed by atoms with Gasteiger partial charge in [-0.2, -0.15) is 0 Å². The molecule has 0 aliphatic heterocycles. The largest absolute Gasteiger partial charge is 0.114 e. The lowest BCUT2D eigenvalue weighted by atomic mass is 9.68. The van der Waals surface area contributed by atoms with Gasteiger partial charge in [-0.05, 0) is 92.6 Å². The molecule has 0 radical (unpaired) electrons. The van der Waals surface area contributed by atoms with Gasteiger partial charge in [0.05, 0.1) is 4.87 Å². The Morgan fingerprint density at radius 1 is 0.846 bits per heavy atom. The van der Waals surface area contributed by atoms with Crippen LogP contribution >= 0.6 is 11.6 Å². The van der Waals surface area contributed by atoms with Gasteiger partial charge in [0.25, 0.3) is 0 Å². The van der Waals surface area contributed by atoms with E-state index in [-0.39, 0.29) is 4.87 Å². The lowest BCUT2D eigenvalue weighted by molar-refractivity contribution is 0.156. The van der Waals surface area contributed by atoms with Crippen LogP contribution in [0, 0.1) is 17.8 Å². The van der Waals surface area contributed by atoms with Gasteiger partial charge in [-0.15, -0.1) is 11.6 Å². The molecule has 1 aromatic carbocycles. The molecule has 0 unspecified atom stereocenters. The Morgan fingerprint density at radius 3 is 1.92 bits per heavy atom. The average Bonchev–Trinajstić information content (AvgIpc) is 2.67. The molecule has 26 heavy (non-hydrogen) atoms. The van der Waals surface area contributed by atoms with Crippen LogP contribution in [0.3, 0.4) is 0 Å². The number of halogens is 1. The standard InChI is InChI=1S/C25H37Cl/c1-2-4-19-5-7-20(8-6-19)21-9-11-22(12-10-21)23-13-15-24(16-14-23)25(26)17-3-18-25/h13-16,19-22H,2-12,17-18H2,1H3. The molecule has 3 saturated carbocycles. The van der Waals surface area contributed by atoms with Gasteiger partial charge in [0.1, 0.15) is 0 Å². The zero-order valence-corrected chi connectivity index (χ0v) is 17.4.